The topological polar surface area (TPSA) is 111 Å². The SMILES string of the molecule is CC/C=C\C/C=C\C/C=C\C/C=C\C/C=C\C/C=C\CCCCCCCCCCC(=O)OC(/C=C\CCCCCCCCCCC)C(COP(=O)(O)OCC[N+](C)(C)C)NC(=O)CC/C=C/C/C=C/C/C=C/C/C=C/C/C=C/CC. The van der Waals surface area contributed by atoms with Gasteiger partial charge in [-0.05, 0) is 115 Å². The summed E-state index contributed by atoms with van der Waals surface area (Å²) in [7, 11) is 1.42. The Bertz CT molecular complexity index is 1880. The number of hydrogen-bond donors (Lipinski definition) is 2. The normalized spacial score (nSPS) is 14.6. The highest BCUT2D eigenvalue weighted by atomic mass is 31.2. The molecule has 9 nitrogen and oxygen atoms in total. The predicted molar refractivity (Wildman–Crippen MR) is 346 cm³/mol. The molecule has 0 spiro atoms. The first-order valence-corrected chi connectivity index (χ1v) is 33.2. The van der Waals surface area contributed by atoms with Gasteiger partial charge < -0.3 is 19.4 Å². The molecule has 0 aliphatic carbocycles. The molecule has 0 rings (SSSR count). The van der Waals surface area contributed by atoms with Gasteiger partial charge in [0, 0.05) is 12.8 Å². The first-order chi connectivity index (χ1) is 38.9. The number of esters is 1. The molecule has 454 valence electrons. The second-order valence-corrected chi connectivity index (χ2v) is 23.3. The molecule has 0 aromatic rings. The number of likely N-dealkylation sites (N-methyl/N-ethyl adjacent to an activating group) is 1. The average Bonchev–Trinajstić information content (AvgIpc) is 3.43. The summed E-state index contributed by atoms with van der Waals surface area (Å²) in [5.74, 6) is -0.623. The lowest BCUT2D eigenvalue weighted by atomic mass is 10.1. The molecule has 3 atom stereocenters. The Morgan fingerprint density at radius 2 is 0.812 bits per heavy atom. The highest BCUT2D eigenvalue weighted by Gasteiger charge is 2.30. The van der Waals surface area contributed by atoms with Gasteiger partial charge in [0.1, 0.15) is 19.3 Å². The van der Waals surface area contributed by atoms with Crippen LogP contribution in [0.15, 0.2) is 146 Å². The molecular formula is C70H118N2O7P+. The van der Waals surface area contributed by atoms with Gasteiger partial charge in [-0.2, -0.15) is 0 Å². The molecule has 0 aromatic heterocycles. The molecule has 0 fully saturated rings. The number of quaternary nitrogens is 1. The minimum absolute atomic E-state index is 0.0175. The van der Waals surface area contributed by atoms with Crippen LogP contribution < -0.4 is 5.32 Å². The van der Waals surface area contributed by atoms with Crippen LogP contribution in [0.2, 0.25) is 0 Å². The zero-order chi connectivity index (χ0) is 58.6. The summed E-state index contributed by atoms with van der Waals surface area (Å²) in [5.41, 5.74) is 0. The number of nitrogens with one attached hydrogen (secondary N) is 1. The Morgan fingerprint density at radius 1 is 0.450 bits per heavy atom. The number of unbranched alkanes of at least 4 members (excludes halogenated alkanes) is 17. The van der Waals surface area contributed by atoms with Crippen LogP contribution in [0.1, 0.15) is 233 Å². The van der Waals surface area contributed by atoms with E-state index in [-0.39, 0.29) is 37.9 Å². The van der Waals surface area contributed by atoms with Gasteiger partial charge in [0.25, 0.3) is 0 Å². The maximum absolute atomic E-state index is 13.5. The van der Waals surface area contributed by atoms with E-state index in [9.17, 15) is 19.0 Å². The van der Waals surface area contributed by atoms with E-state index in [1.54, 1.807) is 0 Å². The molecule has 0 aliphatic heterocycles. The summed E-state index contributed by atoms with van der Waals surface area (Å²) >= 11 is 0. The van der Waals surface area contributed by atoms with Crippen molar-refractivity contribution in [3.8, 4) is 0 Å². The smallest absolute Gasteiger partial charge is 0.456 e. The number of rotatable bonds is 55. The molecule has 0 radical (unpaired) electrons. The second kappa shape index (κ2) is 58.1. The molecule has 80 heavy (non-hydrogen) atoms. The van der Waals surface area contributed by atoms with Gasteiger partial charge in [-0.15, -0.1) is 0 Å². The average molecular weight is 1130 g/mol. The monoisotopic (exact) mass is 1130 g/mol. The molecule has 0 saturated carbocycles. The van der Waals surface area contributed by atoms with Crippen molar-refractivity contribution in [2.24, 2.45) is 0 Å². The Hall–Kier alpha value is -4.11. The van der Waals surface area contributed by atoms with Crippen LogP contribution >= 0.6 is 7.82 Å². The summed E-state index contributed by atoms with van der Waals surface area (Å²) in [6, 6.07) is -0.902. The van der Waals surface area contributed by atoms with Gasteiger partial charge in [-0.25, -0.2) is 4.57 Å². The fourth-order valence-corrected chi connectivity index (χ4v) is 8.96. The minimum atomic E-state index is -4.48. The molecule has 0 bridgehead atoms. The van der Waals surface area contributed by atoms with Crippen LogP contribution in [0, 0.1) is 0 Å². The van der Waals surface area contributed by atoms with Gasteiger partial charge in [-0.1, -0.05) is 250 Å². The molecule has 3 unspecified atom stereocenters. The molecular weight excluding hydrogens is 1010 g/mol. The number of hydrogen-bond acceptors (Lipinski definition) is 6. The Kier molecular flexibility index (Phi) is 55.1. The zero-order valence-electron chi connectivity index (χ0n) is 51.8. The van der Waals surface area contributed by atoms with Crippen LogP contribution in [0.4, 0.5) is 0 Å². The lowest BCUT2D eigenvalue weighted by Crippen LogP contribution is -2.47. The largest absolute Gasteiger partial charge is 0.472 e. The van der Waals surface area contributed by atoms with E-state index in [1.165, 1.54) is 70.6 Å². The van der Waals surface area contributed by atoms with Crippen LogP contribution in [0.3, 0.4) is 0 Å². The first-order valence-electron chi connectivity index (χ1n) is 31.7. The fourth-order valence-electron chi connectivity index (χ4n) is 8.22. The summed E-state index contributed by atoms with van der Waals surface area (Å²) in [6.07, 6.45) is 84.5. The number of phosphoric ester groups is 1. The van der Waals surface area contributed by atoms with Crippen molar-refractivity contribution in [3.63, 3.8) is 0 Å². The zero-order valence-corrected chi connectivity index (χ0v) is 52.7. The first kappa shape index (κ1) is 75.9. The third-order valence-corrected chi connectivity index (χ3v) is 14.0. The third-order valence-electron chi connectivity index (χ3n) is 13.0. The van der Waals surface area contributed by atoms with E-state index >= 15 is 0 Å². The van der Waals surface area contributed by atoms with Crippen LogP contribution in [-0.4, -0.2) is 74.3 Å². The van der Waals surface area contributed by atoms with Crippen molar-refractivity contribution < 1.29 is 37.3 Å². The molecule has 0 saturated heterocycles. The van der Waals surface area contributed by atoms with E-state index in [0.717, 1.165) is 116 Å². The van der Waals surface area contributed by atoms with Gasteiger partial charge in [0.15, 0.2) is 0 Å². The van der Waals surface area contributed by atoms with E-state index < -0.39 is 20.0 Å². The van der Waals surface area contributed by atoms with Gasteiger partial charge >= 0.3 is 13.8 Å². The second-order valence-electron chi connectivity index (χ2n) is 21.8. The van der Waals surface area contributed by atoms with Gasteiger partial charge in [-0.3, -0.25) is 18.6 Å². The van der Waals surface area contributed by atoms with E-state index in [2.05, 4.69) is 148 Å². The molecule has 0 aliphatic rings. The number of carbonyl (C=O) groups is 2. The number of carbonyl (C=O) groups excluding carboxylic acids is 2. The lowest BCUT2D eigenvalue weighted by Gasteiger charge is -2.27. The number of allylic oxidation sites excluding steroid dienone is 23. The summed E-state index contributed by atoms with van der Waals surface area (Å²) in [6.45, 7) is 6.69. The number of phosphoric acid groups is 1. The van der Waals surface area contributed by atoms with Crippen molar-refractivity contribution in [1.82, 2.24) is 5.32 Å². The summed E-state index contributed by atoms with van der Waals surface area (Å²) < 4.78 is 30.6. The van der Waals surface area contributed by atoms with Gasteiger partial charge in [0.05, 0.1) is 33.8 Å². The predicted octanol–water partition coefficient (Wildman–Crippen LogP) is 19.8. The lowest BCUT2D eigenvalue weighted by molar-refractivity contribution is -0.870. The Labute approximate surface area is 491 Å². The quantitative estimate of drug-likeness (QED) is 0.0205. The molecule has 0 heterocycles. The third kappa shape index (κ3) is 58.5. The Morgan fingerprint density at radius 3 is 1.23 bits per heavy atom. The van der Waals surface area contributed by atoms with Crippen molar-refractivity contribution in [2.45, 2.75) is 245 Å². The highest BCUT2D eigenvalue weighted by Crippen LogP contribution is 2.43. The molecule has 10 heteroatoms. The van der Waals surface area contributed by atoms with Gasteiger partial charge in [0.2, 0.25) is 5.91 Å². The molecule has 1 amide bonds. The Balaban J connectivity index is 5.22. The number of nitrogens with zero attached hydrogens (tertiary/aromatic N) is 1. The van der Waals surface area contributed by atoms with E-state index in [4.69, 9.17) is 13.8 Å². The standard InChI is InChI=1S/C70H117N2O7P/c1-7-10-13-16-19-22-25-27-29-31-32-33-34-35-36-37-38-39-40-41-43-45-48-51-54-57-60-63-70(74)79-68(61-58-55-52-49-46-24-21-18-15-12-9-3)67(66-78-80(75,76)77-65-64-72(4,5)6)71-69(73)62-59-56-53-50-47-44-42-30-28-26-23-20-17-14-11-8-2/h10-11,13-14,19-20,22-23,27-30,32-33,35-36,38-39,44,47,53,56,58,61,67-68H,7-9,12,15-18,21,24-26,31,34,37,40-43,45-46,48-52,54-55,57,59-60,62-66H2,1-6H3,(H-,71,73,75,76)/p+1/b13-10-,14-11+,22-19-,23-20+,29-27-,30-28+,33-32-,36-35-,39-38-,47-44+,56-53+,61-58-. The van der Waals surface area contributed by atoms with Crippen molar-refractivity contribution in [3.05, 3.63) is 146 Å². The number of amides is 1. The van der Waals surface area contributed by atoms with Crippen molar-refractivity contribution in [1.29, 1.82) is 0 Å². The van der Waals surface area contributed by atoms with E-state index in [1.807, 2.05) is 45.4 Å². The van der Waals surface area contributed by atoms with E-state index in [0.29, 0.717) is 23.9 Å². The molecule has 0 aromatic carbocycles. The highest BCUT2D eigenvalue weighted by molar-refractivity contribution is 7.47. The number of ether oxygens (including phenoxy) is 1. The van der Waals surface area contributed by atoms with Crippen molar-refractivity contribution >= 4 is 19.7 Å². The van der Waals surface area contributed by atoms with Crippen LogP contribution in [0.5, 0.6) is 0 Å². The minimum Gasteiger partial charge on any atom is -0.456 e. The van der Waals surface area contributed by atoms with Crippen molar-refractivity contribution in [2.75, 3.05) is 40.9 Å². The molecule has 2 N–H and O–H groups in total. The fraction of sp³-hybridized carbons (Fsp3) is 0.629. The maximum Gasteiger partial charge on any atom is 0.472 e. The van der Waals surface area contributed by atoms with Crippen LogP contribution in [0.25, 0.3) is 0 Å². The van der Waals surface area contributed by atoms with Crippen LogP contribution in [-0.2, 0) is 27.9 Å². The maximum atomic E-state index is 13.5. The summed E-state index contributed by atoms with van der Waals surface area (Å²) in [5, 5.41) is 3.00. The summed E-state index contributed by atoms with van der Waals surface area (Å²) in [4.78, 5) is 37.7.